The van der Waals surface area contributed by atoms with Crippen molar-refractivity contribution >= 4 is 11.8 Å². The Balaban J connectivity index is 2.51. The minimum atomic E-state index is -0.245. The molecule has 0 unspecified atom stereocenters. The summed E-state index contributed by atoms with van der Waals surface area (Å²) in [6.45, 7) is 3.39. The number of hydrogen-bond donors (Lipinski definition) is 1. The van der Waals surface area contributed by atoms with Crippen molar-refractivity contribution in [3.8, 4) is 5.75 Å². The first-order valence-corrected chi connectivity index (χ1v) is 6.56. The number of benzene rings is 1. The molecule has 1 rings (SSSR count). The van der Waals surface area contributed by atoms with Gasteiger partial charge in [-0.25, -0.2) is 4.39 Å². The molecule has 0 saturated carbocycles. The zero-order chi connectivity index (χ0) is 11.8. The maximum Gasteiger partial charge on any atom is 0.127 e. The van der Waals surface area contributed by atoms with Crippen LogP contribution in [-0.2, 0) is 6.54 Å². The Hall–Kier alpha value is -0.740. The highest BCUT2D eigenvalue weighted by Crippen LogP contribution is 2.16. The zero-order valence-electron chi connectivity index (χ0n) is 9.75. The van der Waals surface area contributed by atoms with Gasteiger partial charge in [0.15, 0.2) is 0 Å². The molecule has 0 radical (unpaired) electrons. The zero-order valence-corrected chi connectivity index (χ0v) is 10.6. The summed E-state index contributed by atoms with van der Waals surface area (Å²) >= 11 is 1.81. The summed E-state index contributed by atoms with van der Waals surface area (Å²) in [7, 11) is 1.84. The lowest BCUT2D eigenvalue weighted by Gasteiger charge is -2.08. The van der Waals surface area contributed by atoms with Crippen molar-refractivity contribution in [3.05, 3.63) is 29.6 Å². The van der Waals surface area contributed by atoms with Crippen molar-refractivity contribution in [2.75, 3.05) is 25.2 Å². The molecule has 0 aliphatic carbocycles. The third-order valence-corrected chi connectivity index (χ3v) is 2.88. The molecule has 1 N–H and O–H groups in total. The molecule has 0 aliphatic rings. The van der Waals surface area contributed by atoms with Crippen LogP contribution in [0.2, 0.25) is 0 Å². The fourth-order valence-corrected chi connectivity index (χ4v) is 1.86. The van der Waals surface area contributed by atoms with Crippen molar-refractivity contribution < 1.29 is 9.13 Å². The van der Waals surface area contributed by atoms with E-state index in [2.05, 4.69) is 12.2 Å². The monoisotopic (exact) mass is 243 g/mol. The molecule has 2 nitrogen and oxygen atoms in total. The molecular weight excluding hydrogens is 225 g/mol. The topological polar surface area (TPSA) is 21.3 Å². The Labute approximate surface area is 101 Å². The Morgan fingerprint density at radius 1 is 1.38 bits per heavy atom. The first-order chi connectivity index (χ1) is 7.76. The molecule has 90 valence electrons. The second kappa shape index (κ2) is 7.52. The third-order valence-electron chi connectivity index (χ3n) is 2.01. The quantitative estimate of drug-likeness (QED) is 0.744. The predicted octanol–water partition coefficient (Wildman–Crippen LogP) is 2.68. The molecule has 0 bridgehead atoms. The van der Waals surface area contributed by atoms with Gasteiger partial charge in [0.1, 0.15) is 11.6 Å². The standard InChI is InChI=1S/C12H18FNOS/c1-3-16-5-4-15-12-7-10(9-14-2)6-11(13)8-12/h6-8,14H,3-5,9H2,1-2H3. The van der Waals surface area contributed by atoms with E-state index in [0.717, 1.165) is 17.1 Å². The summed E-state index contributed by atoms with van der Waals surface area (Å²) in [4.78, 5) is 0. The molecule has 0 fully saturated rings. The lowest BCUT2D eigenvalue weighted by molar-refractivity contribution is 0.341. The van der Waals surface area contributed by atoms with Gasteiger partial charge < -0.3 is 10.1 Å². The van der Waals surface area contributed by atoms with Gasteiger partial charge in [0.2, 0.25) is 0 Å². The molecule has 1 aromatic carbocycles. The summed E-state index contributed by atoms with van der Waals surface area (Å²) in [6.07, 6.45) is 0. The average Bonchev–Trinajstić information content (AvgIpc) is 2.24. The van der Waals surface area contributed by atoms with E-state index in [-0.39, 0.29) is 5.82 Å². The first-order valence-electron chi connectivity index (χ1n) is 5.41. The van der Waals surface area contributed by atoms with Gasteiger partial charge >= 0.3 is 0 Å². The van der Waals surface area contributed by atoms with E-state index in [1.165, 1.54) is 12.1 Å². The lowest BCUT2D eigenvalue weighted by atomic mass is 10.2. The SMILES string of the molecule is CCSCCOc1cc(F)cc(CNC)c1. The van der Waals surface area contributed by atoms with Gasteiger partial charge in [-0.1, -0.05) is 6.92 Å². The van der Waals surface area contributed by atoms with E-state index in [0.29, 0.717) is 18.9 Å². The van der Waals surface area contributed by atoms with E-state index in [1.54, 1.807) is 0 Å². The summed E-state index contributed by atoms with van der Waals surface area (Å²) in [5.41, 5.74) is 0.903. The summed E-state index contributed by atoms with van der Waals surface area (Å²) < 4.78 is 18.7. The highest BCUT2D eigenvalue weighted by Gasteiger charge is 2.01. The fourth-order valence-electron chi connectivity index (χ4n) is 1.37. The molecule has 16 heavy (non-hydrogen) atoms. The van der Waals surface area contributed by atoms with E-state index >= 15 is 0 Å². The smallest absolute Gasteiger partial charge is 0.127 e. The molecule has 0 saturated heterocycles. The van der Waals surface area contributed by atoms with Crippen molar-refractivity contribution in [2.45, 2.75) is 13.5 Å². The Morgan fingerprint density at radius 3 is 2.88 bits per heavy atom. The van der Waals surface area contributed by atoms with Crippen LogP contribution in [0.25, 0.3) is 0 Å². The minimum Gasteiger partial charge on any atom is -0.493 e. The Kier molecular flexibility index (Phi) is 6.26. The maximum atomic E-state index is 13.2. The van der Waals surface area contributed by atoms with Gasteiger partial charge in [-0.05, 0) is 30.5 Å². The predicted molar refractivity (Wildman–Crippen MR) is 67.7 cm³/mol. The van der Waals surface area contributed by atoms with E-state index in [1.807, 2.05) is 24.9 Å². The van der Waals surface area contributed by atoms with Crippen molar-refractivity contribution in [3.63, 3.8) is 0 Å². The van der Waals surface area contributed by atoms with Gasteiger partial charge in [0, 0.05) is 18.4 Å². The number of ether oxygens (including phenoxy) is 1. The van der Waals surface area contributed by atoms with Crippen LogP contribution in [0.4, 0.5) is 4.39 Å². The lowest BCUT2D eigenvalue weighted by Crippen LogP contribution is -2.06. The van der Waals surface area contributed by atoms with Crippen LogP contribution < -0.4 is 10.1 Å². The molecule has 0 atom stereocenters. The van der Waals surface area contributed by atoms with Crippen LogP contribution in [0.15, 0.2) is 18.2 Å². The van der Waals surface area contributed by atoms with E-state index in [4.69, 9.17) is 4.74 Å². The van der Waals surface area contributed by atoms with Gasteiger partial charge in [-0.3, -0.25) is 0 Å². The van der Waals surface area contributed by atoms with Crippen molar-refractivity contribution in [2.24, 2.45) is 0 Å². The fraction of sp³-hybridized carbons (Fsp3) is 0.500. The molecular formula is C12H18FNOS. The normalized spacial score (nSPS) is 10.4. The van der Waals surface area contributed by atoms with Crippen LogP contribution in [0.1, 0.15) is 12.5 Å². The minimum absolute atomic E-state index is 0.245. The van der Waals surface area contributed by atoms with Gasteiger partial charge in [0.05, 0.1) is 6.61 Å². The highest BCUT2D eigenvalue weighted by molar-refractivity contribution is 7.99. The summed E-state index contributed by atoms with van der Waals surface area (Å²) in [5.74, 6) is 2.39. The second-order valence-corrected chi connectivity index (χ2v) is 4.76. The highest BCUT2D eigenvalue weighted by atomic mass is 32.2. The van der Waals surface area contributed by atoms with Gasteiger partial charge in [-0.2, -0.15) is 11.8 Å². The Bertz CT molecular complexity index is 320. The molecule has 0 aromatic heterocycles. The number of hydrogen-bond acceptors (Lipinski definition) is 3. The van der Waals surface area contributed by atoms with E-state index in [9.17, 15) is 4.39 Å². The molecule has 4 heteroatoms. The molecule has 0 amide bonds. The van der Waals surface area contributed by atoms with Gasteiger partial charge in [0.25, 0.3) is 0 Å². The summed E-state index contributed by atoms with van der Waals surface area (Å²) in [5, 5.41) is 2.99. The second-order valence-electron chi connectivity index (χ2n) is 3.37. The Morgan fingerprint density at radius 2 is 2.19 bits per heavy atom. The summed E-state index contributed by atoms with van der Waals surface area (Å²) in [6, 6.07) is 4.82. The largest absolute Gasteiger partial charge is 0.493 e. The average molecular weight is 243 g/mol. The van der Waals surface area contributed by atoms with Crippen LogP contribution in [-0.4, -0.2) is 25.2 Å². The maximum absolute atomic E-state index is 13.2. The molecule has 1 aromatic rings. The third kappa shape index (κ3) is 4.86. The first kappa shape index (κ1) is 13.3. The van der Waals surface area contributed by atoms with Crippen LogP contribution in [0, 0.1) is 5.82 Å². The van der Waals surface area contributed by atoms with Crippen molar-refractivity contribution in [1.82, 2.24) is 5.32 Å². The van der Waals surface area contributed by atoms with Crippen LogP contribution in [0.5, 0.6) is 5.75 Å². The molecule has 0 spiro atoms. The van der Waals surface area contributed by atoms with E-state index < -0.39 is 0 Å². The number of nitrogens with one attached hydrogen (secondary N) is 1. The van der Waals surface area contributed by atoms with Gasteiger partial charge in [-0.15, -0.1) is 0 Å². The molecule has 0 heterocycles. The number of thioether (sulfide) groups is 1. The van der Waals surface area contributed by atoms with Crippen molar-refractivity contribution in [1.29, 1.82) is 0 Å². The van der Waals surface area contributed by atoms with Crippen LogP contribution >= 0.6 is 11.8 Å². The number of rotatable bonds is 7. The molecule has 0 aliphatic heterocycles. The number of halogens is 1. The van der Waals surface area contributed by atoms with Crippen LogP contribution in [0.3, 0.4) is 0 Å².